The Hall–Kier alpha value is -1.67. The molecule has 0 spiro atoms. The van der Waals surface area contributed by atoms with Crippen LogP contribution in [0.25, 0.3) is 0 Å². The summed E-state index contributed by atoms with van der Waals surface area (Å²) in [7, 11) is 0. The highest BCUT2D eigenvalue weighted by molar-refractivity contribution is 5.69. The highest BCUT2D eigenvalue weighted by Crippen LogP contribution is 2.42. The molecule has 0 radical (unpaired) electrons. The number of unbranched alkanes of at least 4 members (excludes halogenated alkanes) is 2. The quantitative estimate of drug-likeness (QED) is 0.279. The predicted molar refractivity (Wildman–Crippen MR) is 178 cm³/mol. The molecule has 5 saturated heterocycles. The minimum Gasteiger partial charge on any atom is -0.454 e. The molecule has 0 amide bonds. The summed E-state index contributed by atoms with van der Waals surface area (Å²) in [4.78, 5) is 13.3. The van der Waals surface area contributed by atoms with Gasteiger partial charge >= 0.3 is 5.97 Å². The number of carbonyl (C=O) groups excluding carboxylic acids is 1. The first-order valence-corrected chi connectivity index (χ1v) is 18.9. The normalized spacial score (nSPS) is 40.8. The van der Waals surface area contributed by atoms with E-state index in [2.05, 4.69) is 6.92 Å². The van der Waals surface area contributed by atoms with Crippen molar-refractivity contribution in [1.82, 2.24) is 0 Å². The van der Waals surface area contributed by atoms with E-state index in [4.69, 9.17) is 42.6 Å². The van der Waals surface area contributed by atoms with Gasteiger partial charge in [-0.15, -0.1) is 0 Å². The van der Waals surface area contributed by atoms with E-state index in [0.717, 1.165) is 76.2 Å². The molecule has 5 aliphatic heterocycles. The van der Waals surface area contributed by atoms with Crippen molar-refractivity contribution in [2.45, 2.75) is 191 Å². The SMILES string of the molecule is CCCCC[C@H]1CCCCCCCCCC(=O)O[C@H]2[C@H](O[C@H]3[C@H](O1)O[C@H](C)[C@@H]1OC(C)(C)O[C@@H]13)O[C@@H]1CO[C@@H](c3ccccc3)O[C@H]1[C@@H]2O. The Morgan fingerprint density at radius 1 is 0.776 bits per heavy atom. The third-order valence-electron chi connectivity index (χ3n) is 10.4. The molecule has 1 aromatic carbocycles. The van der Waals surface area contributed by atoms with Gasteiger partial charge in [-0.2, -0.15) is 0 Å². The fraction of sp³-hybridized carbons (Fsp3) is 0.816. The molecule has 0 saturated carbocycles. The molecular weight excluding hydrogens is 632 g/mol. The molecule has 12 atom stereocenters. The molecule has 0 unspecified atom stereocenters. The molecule has 0 aromatic heterocycles. The van der Waals surface area contributed by atoms with Crippen LogP contribution >= 0.6 is 0 Å². The maximum Gasteiger partial charge on any atom is 0.306 e. The minimum atomic E-state index is -1.24. The van der Waals surface area contributed by atoms with E-state index in [1.165, 1.54) is 0 Å². The van der Waals surface area contributed by atoms with Crippen LogP contribution in [0.3, 0.4) is 0 Å². The number of hydrogen-bond donors (Lipinski definition) is 1. The van der Waals surface area contributed by atoms with E-state index in [1.807, 2.05) is 51.1 Å². The van der Waals surface area contributed by atoms with Gasteiger partial charge in [0.1, 0.15) is 36.6 Å². The topological polar surface area (TPSA) is 120 Å². The van der Waals surface area contributed by atoms with Gasteiger partial charge < -0.3 is 47.7 Å². The van der Waals surface area contributed by atoms with Gasteiger partial charge in [0.2, 0.25) is 0 Å². The predicted octanol–water partition coefficient (Wildman–Crippen LogP) is 6.24. The van der Waals surface area contributed by atoms with Crippen LogP contribution in [0, 0.1) is 0 Å². The van der Waals surface area contributed by atoms with Crippen molar-refractivity contribution >= 4 is 5.97 Å². The summed E-state index contributed by atoms with van der Waals surface area (Å²) in [6, 6.07) is 9.54. The Balaban J connectivity index is 1.28. The van der Waals surface area contributed by atoms with Crippen LogP contribution < -0.4 is 0 Å². The van der Waals surface area contributed by atoms with Gasteiger partial charge in [0.25, 0.3) is 0 Å². The van der Waals surface area contributed by atoms with Gasteiger partial charge in [-0.05, 0) is 40.0 Å². The van der Waals surface area contributed by atoms with Gasteiger partial charge in [-0.25, -0.2) is 0 Å². The van der Waals surface area contributed by atoms with Crippen LogP contribution in [-0.2, 0) is 47.4 Å². The lowest BCUT2D eigenvalue weighted by molar-refractivity contribution is -0.388. The van der Waals surface area contributed by atoms with E-state index in [1.54, 1.807) is 0 Å². The average molecular weight is 691 g/mol. The summed E-state index contributed by atoms with van der Waals surface area (Å²) < 4.78 is 57.8. The molecule has 1 N–H and O–H groups in total. The number of ether oxygens (including phenoxy) is 9. The molecule has 5 heterocycles. The van der Waals surface area contributed by atoms with Crippen molar-refractivity contribution in [1.29, 1.82) is 0 Å². The Morgan fingerprint density at radius 2 is 1.49 bits per heavy atom. The molecular formula is C38H58O11. The number of carbonyl (C=O) groups is 1. The summed E-state index contributed by atoms with van der Waals surface area (Å²) in [5, 5.41) is 11.9. The zero-order valence-electron chi connectivity index (χ0n) is 29.7. The molecule has 6 rings (SSSR count). The maximum atomic E-state index is 13.3. The van der Waals surface area contributed by atoms with Crippen LogP contribution in [-0.4, -0.2) is 91.0 Å². The van der Waals surface area contributed by atoms with Gasteiger partial charge in [0, 0.05) is 12.0 Å². The van der Waals surface area contributed by atoms with E-state index >= 15 is 0 Å². The van der Waals surface area contributed by atoms with Gasteiger partial charge in [-0.1, -0.05) is 95.0 Å². The molecule has 11 heteroatoms. The van der Waals surface area contributed by atoms with Crippen LogP contribution in [0.2, 0.25) is 0 Å². The van der Waals surface area contributed by atoms with Crippen molar-refractivity contribution < 1.29 is 52.5 Å². The van der Waals surface area contributed by atoms with Crippen LogP contribution in [0.5, 0.6) is 0 Å². The third kappa shape index (κ3) is 9.42. The standard InChI is InChI=1S/C38H58O11/c1-5-6-13-20-26-21-16-10-8-7-9-11-17-22-28(39)45-32-29(40)31-27(23-41-35(46-31)25-18-14-12-15-19-25)44-36(32)47-34-33-30(48-38(3,4)49-33)24(2)42-37(34)43-26/h12,14-15,18-19,24,26-27,29-37,40H,5-11,13,16-17,20-23H2,1-4H3/t24-,26+,27-,29+,30+,31-,32-,33+,34-,35-,36+,37+/m1/s1. The molecule has 0 aliphatic carbocycles. The fourth-order valence-corrected chi connectivity index (χ4v) is 7.77. The number of hydrogen-bond acceptors (Lipinski definition) is 11. The van der Waals surface area contributed by atoms with Crippen molar-refractivity contribution in [3.05, 3.63) is 35.9 Å². The Morgan fingerprint density at radius 3 is 2.27 bits per heavy atom. The van der Waals surface area contributed by atoms with E-state index in [0.29, 0.717) is 6.42 Å². The number of esters is 1. The monoisotopic (exact) mass is 690 g/mol. The molecule has 276 valence electrons. The first-order valence-electron chi connectivity index (χ1n) is 18.9. The lowest BCUT2D eigenvalue weighted by Gasteiger charge is -2.49. The van der Waals surface area contributed by atoms with Crippen molar-refractivity contribution in [2.75, 3.05) is 6.61 Å². The fourth-order valence-electron chi connectivity index (χ4n) is 7.77. The third-order valence-corrected chi connectivity index (χ3v) is 10.4. The highest BCUT2D eigenvalue weighted by Gasteiger charge is 2.58. The summed E-state index contributed by atoms with van der Waals surface area (Å²) in [6.07, 6.45) is 3.97. The Kier molecular flexibility index (Phi) is 13.0. The Labute approximate surface area is 291 Å². The maximum absolute atomic E-state index is 13.3. The number of aliphatic hydroxyl groups is 1. The van der Waals surface area contributed by atoms with Gasteiger partial charge in [0.05, 0.1) is 18.8 Å². The molecule has 5 aliphatic rings. The van der Waals surface area contributed by atoms with Crippen LogP contribution in [0.15, 0.2) is 30.3 Å². The minimum absolute atomic E-state index is 0.0217. The zero-order valence-corrected chi connectivity index (χ0v) is 29.7. The molecule has 1 aromatic rings. The van der Waals surface area contributed by atoms with Crippen molar-refractivity contribution in [3.8, 4) is 0 Å². The second kappa shape index (κ2) is 17.2. The summed E-state index contributed by atoms with van der Waals surface area (Å²) in [6.45, 7) is 8.07. The summed E-state index contributed by atoms with van der Waals surface area (Å²) in [5.41, 5.74) is 0.822. The number of fused-ring (bicyclic) bond motifs is 5. The van der Waals surface area contributed by atoms with E-state index in [9.17, 15) is 9.90 Å². The summed E-state index contributed by atoms with van der Waals surface area (Å²) >= 11 is 0. The first kappa shape index (κ1) is 37.1. The molecule has 5 fully saturated rings. The molecule has 49 heavy (non-hydrogen) atoms. The smallest absolute Gasteiger partial charge is 0.306 e. The lowest BCUT2D eigenvalue weighted by Crippen LogP contribution is -2.66. The first-order chi connectivity index (χ1) is 23.7. The number of aliphatic hydroxyl groups excluding tert-OH is 1. The average Bonchev–Trinajstić information content (AvgIpc) is 3.42. The van der Waals surface area contributed by atoms with Crippen LogP contribution in [0.1, 0.15) is 123 Å². The largest absolute Gasteiger partial charge is 0.454 e. The second-order valence-corrected chi connectivity index (χ2v) is 14.8. The van der Waals surface area contributed by atoms with Crippen molar-refractivity contribution in [3.63, 3.8) is 0 Å². The lowest BCUT2D eigenvalue weighted by atomic mass is 9.96. The second-order valence-electron chi connectivity index (χ2n) is 14.8. The van der Waals surface area contributed by atoms with E-state index < -0.39 is 73.4 Å². The highest BCUT2D eigenvalue weighted by atomic mass is 16.8. The van der Waals surface area contributed by atoms with Gasteiger partial charge in [-0.3, -0.25) is 4.79 Å². The van der Waals surface area contributed by atoms with Crippen molar-refractivity contribution in [2.24, 2.45) is 0 Å². The number of rotatable bonds is 5. The van der Waals surface area contributed by atoms with Gasteiger partial charge in [0.15, 0.2) is 30.8 Å². The molecule has 0 bridgehead atoms. The zero-order chi connectivity index (χ0) is 34.4. The van der Waals surface area contributed by atoms with E-state index in [-0.39, 0.29) is 25.2 Å². The molecule has 11 nitrogen and oxygen atoms in total. The van der Waals surface area contributed by atoms with Crippen LogP contribution in [0.4, 0.5) is 0 Å². The summed E-state index contributed by atoms with van der Waals surface area (Å²) in [5.74, 6) is -1.29. The Bertz CT molecular complexity index is 1170. The number of benzene rings is 1.